The van der Waals surface area contributed by atoms with Crippen molar-refractivity contribution in [3.05, 3.63) is 30.3 Å². The van der Waals surface area contributed by atoms with Crippen LogP contribution in [0.4, 0.5) is 0 Å². The molecule has 1 aromatic carbocycles. The molecule has 1 aliphatic heterocycles. The third-order valence-corrected chi connectivity index (χ3v) is 4.63. The predicted molar refractivity (Wildman–Crippen MR) is 67.6 cm³/mol. The highest BCUT2D eigenvalue weighted by molar-refractivity contribution is 8.00. The van der Waals surface area contributed by atoms with Gasteiger partial charge in [-0.1, -0.05) is 18.2 Å². The van der Waals surface area contributed by atoms with Gasteiger partial charge in [0.1, 0.15) is 5.25 Å². The van der Waals surface area contributed by atoms with Crippen LogP contribution in [0.2, 0.25) is 0 Å². The summed E-state index contributed by atoms with van der Waals surface area (Å²) >= 11 is 1.46. The average molecular weight is 249 g/mol. The lowest BCUT2D eigenvalue weighted by Crippen LogP contribution is -2.30. The van der Waals surface area contributed by atoms with Crippen molar-refractivity contribution >= 4 is 23.6 Å². The molecule has 2 amide bonds. The molecule has 0 radical (unpaired) electrons. The molecule has 1 saturated heterocycles. The summed E-state index contributed by atoms with van der Waals surface area (Å²) in [5, 5.41) is -0.331. The van der Waals surface area contributed by atoms with Gasteiger partial charge in [0.2, 0.25) is 11.8 Å². The fourth-order valence-corrected chi connectivity index (χ4v) is 3.20. The molecule has 1 unspecified atom stereocenters. The SMILES string of the molecule is CN1C(=O)C(Sc2ccccc2)C(C)(C)C1=O. The van der Waals surface area contributed by atoms with Crippen LogP contribution < -0.4 is 0 Å². The molecular formula is C13H15NO2S. The van der Waals surface area contributed by atoms with Gasteiger partial charge in [0, 0.05) is 11.9 Å². The molecule has 0 saturated carbocycles. The molecule has 0 aliphatic carbocycles. The van der Waals surface area contributed by atoms with Crippen LogP contribution in [0, 0.1) is 5.41 Å². The van der Waals surface area contributed by atoms with Crippen molar-refractivity contribution in [3.63, 3.8) is 0 Å². The Morgan fingerprint density at radius 1 is 1.18 bits per heavy atom. The van der Waals surface area contributed by atoms with Crippen LogP contribution in [0.5, 0.6) is 0 Å². The summed E-state index contributed by atoms with van der Waals surface area (Å²) in [5.74, 6) is -0.204. The van der Waals surface area contributed by atoms with Crippen LogP contribution in [0.3, 0.4) is 0 Å². The highest BCUT2D eigenvalue weighted by Crippen LogP contribution is 2.42. The summed E-state index contributed by atoms with van der Waals surface area (Å²) in [6.07, 6.45) is 0. The number of likely N-dealkylation sites (tertiary alicyclic amines) is 1. The topological polar surface area (TPSA) is 37.4 Å². The van der Waals surface area contributed by atoms with Crippen molar-refractivity contribution in [3.8, 4) is 0 Å². The van der Waals surface area contributed by atoms with Gasteiger partial charge >= 0.3 is 0 Å². The molecule has 17 heavy (non-hydrogen) atoms. The number of imide groups is 1. The van der Waals surface area contributed by atoms with E-state index in [9.17, 15) is 9.59 Å². The first kappa shape index (κ1) is 12.2. The Morgan fingerprint density at radius 3 is 2.24 bits per heavy atom. The van der Waals surface area contributed by atoms with E-state index in [-0.39, 0.29) is 17.1 Å². The molecule has 1 fully saturated rings. The van der Waals surface area contributed by atoms with Crippen molar-refractivity contribution < 1.29 is 9.59 Å². The first-order valence-corrected chi connectivity index (χ1v) is 6.36. The van der Waals surface area contributed by atoms with Crippen molar-refractivity contribution in [2.24, 2.45) is 5.41 Å². The quantitative estimate of drug-likeness (QED) is 0.754. The first-order valence-electron chi connectivity index (χ1n) is 5.48. The van der Waals surface area contributed by atoms with Gasteiger partial charge in [0.15, 0.2) is 0 Å². The number of amides is 2. The number of thioether (sulfide) groups is 1. The zero-order valence-electron chi connectivity index (χ0n) is 10.1. The highest BCUT2D eigenvalue weighted by atomic mass is 32.2. The minimum absolute atomic E-state index is 0.101. The third kappa shape index (κ3) is 1.97. The highest BCUT2D eigenvalue weighted by Gasteiger charge is 2.52. The van der Waals surface area contributed by atoms with Crippen LogP contribution in [0.15, 0.2) is 35.2 Å². The number of carbonyl (C=O) groups is 2. The third-order valence-electron chi connectivity index (χ3n) is 3.06. The van der Waals surface area contributed by atoms with Gasteiger partial charge in [0.25, 0.3) is 0 Å². The van der Waals surface area contributed by atoms with Crippen molar-refractivity contribution in [1.29, 1.82) is 0 Å². The number of benzene rings is 1. The summed E-state index contributed by atoms with van der Waals surface area (Å²) in [5.41, 5.74) is -0.633. The molecule has 90 valence electrons. The van der Waals surface area contributed by atoms with E-state index in [1.165, 1.54) is 16.7 Å². The molecule has 3 nitrogen and oxygen atoms in total. The van der Waals surface area contributed by atoms with Gasteiger partial charge < -0.3 is 0 Å². The maximum atomic E-state index is 12.0. The average Bonchev–Trinajstić information content (AvgIpc) is 2.46. The van der Waals surface area contributed by atoms with E-state index < -0.39 is 5.41 Å². The van der Waals surface area contributed by atoms with Gasteiger partial charge in [-0.25, -0.2) is 0 Å². The Bertz CT molecular complexity index is 456. The van der Waals surface area contributed by atoms with E-state index in [1.54, 1.807) is 7.05 Å². The molecule has 1 heterocycles. The smallest absolute Gasteiger partial charge is 0.243 e. The Hall–Kier alpha value is -1.29. The van der Waals surface area contributed by atoms with E-state index >= 15 is 0 Å². The molecule has 0 N–H and O–H groups in total. The molecule has 1 aromatic rings. The monoisotopic (exact) mass is 249 g/mol. The standard InChI is InChI=1S/C13H15NO2S/c1-13(2)10(11(15)14(3)12(13)16)17-9-7-5-4-6-8-9/h4-8,10H,1-3H3. The normalized spacial score (nSPS) is 23.2. The number of carbonyl (C=O) groups excluding carboxylic acids is 2. The Labute approximate surface area is 105 Å². The summed E-state index contributed by atoms with van der Waals surface area (Å²) < 4.78 is 0. The van der Waals surface area contributed by atoms with Gasteiger partial charge in [0.05, 0.1) is 5.41 Å². The Morgan fingerprint density at radius 2 is 1.76 bits per heavy atom. The van der Waals surface area contributed by atoms with E-state index in [1.807, 2.05) is 44.2 Å². The van der Waals surface area contributed by atoms with E-state index in [4.69, 9.17) is 0 Å². The van der Waals surface area contributed by atoms with Gasteiger partial charge in [-0.15, -0.1) is 11.8 Å². The lowest BCUT2D eigenvalue weighted by molar-refractivity contribution is -0.139. The van der Waals surface area contributed by atoms with Crippen molar-refractivity contribution in [2.45, 2.75) is 24.0 Å². The molecular weight excluding hydrogens is 234 g/mol. The zero-order chi connectivity index (χ0) is 12.6. The largest absolute Gasteiger partial charge is 0.284 e. The van der Waals surface area contributed by atoms with Crippen LogP contribution >= 0.6 is 11.8 Å². The maximum Gasteiger partial charge on any atom is 0.243 e. The number of hydrogen-bond acceptors (Lipinski definition) is 3. The van der Waals surface area contributed by atoms with E-state index in [0.717, 1.165) is 4.90 Å². The Kier molecular flexibility index (Phi) is 3.00. The van der Waals surface area contributed by atoms with Gasteiger partial charge in [-0.3, -0.25) is 14.5 Å². The number of hydrogen-bond donors (Lipinski definition) is 0. The Balaban J connectivity index is 2.27. The first-order chi connectivity index (χ1) is 7.94. The molecule has 0 bridgehead atoms. The van der Waals surface area contributed by atoms with Crippen LogP contribution in [-0.4, -0.2) is 29.0 Å². The summed E-state index contributed by atoms with van der Waals surface area (Å²) in [6.45, 7) is 3.66. The lowest BCUT2D eigenvalue weighted by atomic mass is 9.91. The summed E-state index contributed by atoms with van der Waals surface area (Å²) in [7, 11) is 1.55. The second-order valence-electron chi connectivity index (χ2n) is 4.74. The minimum Gasteiger partial charge on any atom is -0.284 e. The summed E-state index contributed by atoms with van der Waals surface area (Å²) in [6, 6.07) is 9.71. The lowest BCUT2D eigenvalue weighted by Gasteiger charge is -2.21. The molecule has 0 aromatic heterocycles. The van der Waals surface area contributed by atoms with Gasteiger partial charge in [-0.05, 0) is 26.0 Å². The molecule has 2 rings (SSSR count). The zero-order valence-corrected chi connectivity index (χ0v) is 11.0. The molecule has 1 atom stereocenters. The van der Waals surface area contributed by atoms with E-state index in [2.05, 4.69) is 0 Å². The fraction of sp³-hybridized carbons (Fsp3) is 0.385. The van der Waals surface area contributed by atoms with Gasteiger partial charge in [-0.2, -0.15) is 0 Å². The predicted octanol–water partition coefficient (Wildman–Crippen LogP) is 2.17. The van der Waals surface area contributed by atoms with Crippen LogP contribution in [0.1, 0.15) is 13.8 Å². The van der Waals surface area contributed by atoms with E-state index in [0.29, 0.717) is 0 Å². The second kappa shape index (κ2) is 4.18. The van der Waals surface area contributed by atoms with Crippen LogP contribution in [-0.2, 0) is 9.59 Å². The maximum absolute atomic E-state index is 12.0. The van der Waals surface area contributed by atoms with Crippen LogP contribution in [0.25, 0.3) is 0 Å². The molecule has 0 spiro atoms. The van der Waals surface area contributed by atoms with Crippen molar-refractivity contribution in [1.82, 2.24) is 4.90 Å². The fourth-order valence-electron chi connectivity index (χ4n) is 1.96. The number of rotatable bonds is 2. The second-order valence-corrected chi connectivity index (χ2v) is 5.91. The molecule has 1 aliphatic rings. The minimum atomic E-state index is -0.633. The summed E-state index contributed by atoms with van der Waals surface area (Å²) in [4.78, 5) is 26.2. The number of nitrogens with zero attached hydrogens (tertiary/aromatic N) is 1. The van der Waals surface area contributed by atoms with Crippen molar-refractivity contribution in [2.75, 3.05) is 7.05 Å². The molecule has 4 heteroatoms.